The third-order valence-corrected chi connectivity index (χ3v) is 3.96. The fourth-order valence-electron chi connectivity index (χ4n) is 2.82. The molecule has 1 atom stereocenters. The second-order valence-electron chi connectivity index (χ2n) is 7.94. The van der Waals surface area contributed by atoms with Gasteiger partial charge in [0, 0.05) is 6.42 Å². The summed E-state index contributed by atoms with van der Waals surface area (Å²) in [6.07, 6.45) is 4.45. The van der Waals surface area contributed by atoms with Crippen LogP contribution in [-0.2, 0) is 9.63 Å². The van der Waals surface area contributed by atoms with E-state index in [9.17, 15) is 4.79 Å². The lowest BCUT2D eigenvalue weighted by atomic mass is 9.67. The number of allylic oxidation sites excluding steroid dienone is 2. The van der Waals surface area contributed by atoms with Crippen molar-refractivity contribution < 1.29 is 9.63 Å². The minimum absolute atomic E-state index is 0.0236. The highest BCUT2D eigenvalue weighted by atomic mass is 16.7. The fourth-order valence-corrected chi connectivity index (χ4v) is 2.82. The van der Waals surface area contributed by atoms with E-state index < -0.39 is 5.60 Å². The molecule has 1 unspecified atom stereocenters. The number of oxime groups is 1. The monoisotopic (exact) mass is 275 g/mol. The first-order chi connectivity index (χ1) is 8.97. The number of ketones is 1. The third-order valence-electron chi connectivity index (χ3n) is 3.96. The van der Waals surface area contributed by atoms with E-state index in [-0.39, 0.29) is 16.6 Å². The average Bonchev–Trinajstić information content (AvgIpc) is 2.62. The van der Waals surface area contributed by atoms with E-state index in [1.54, 1.807) is 6.08 Å². The lowest BCUT2D eigenvalue weighted by molar-refractivity contribution is -0.133. The molecule has 3 nitrogen and oxygen atoms in total. The van der Waals surface area contributed by atoms with Crippen LogP contribution in [-0.4, -0.2) is 17.1 Å². The Kier molecular flexibility index (Phi) is 3.23. The van der Waals surface area contributed by atoms with Gasteiger partial charge in [-0.25, -0.2) is 0 Å². The summed E-state index contributed by atoms with van der Waals surface area (Å²) in [5.41, 5.74) is 1.87. The van der Waals surface area contributed by atoms with E-state index in [1.807, 2.05) is 6.92 Å². The van der Waals surface area contributed by atoms with E-state index in [2.05, 4.69) is 52.8 Å². The van der Waals surface area contributed by atoms with Crippen LogP contribution in [0.3, 0.4) is 0 Å². The Bertz CT molecular complexity index is 538. The molecule has 20 heavy (non-hydrogen) atoms. The zero-order chi connectivity index (χ0) is 15.3. The van der Waals surface area contributed by atoms with Gasteiger partial charge in [0.05, 0.1) is 5.71 Å². The Balaban J connectivity index is 2.56. The minimum atomic E-state index is -0.906. The summed E-state index contributed by atoms with van der Waals surface area (Å²) in [5, 5.41) is 4.04. The molecule has 0 radical (unpaired) electrons. The predicted molar refractivity (Wildman–Crippen MR) is 81.6 cm³/mol. The maximum Gasteiger partial charge on any atom is 0.226 e. The van der Waals surface area contributed by atoms with Crippen LogP contribution < -0.4 is 0 Å². The van der Waals surface area contributed by atoms with Crippen LogP contribution in [0.1, 0.15) is 54.9 Å². The van der Waals surface area contributed by atoms with E-state index in [0.29, 0.717) is 6.42 Å². The van der Waals surface area contributed by atoms with Crippen molar-refractivity contribution >= 4 is 11.5 Å². The number of nitrogens with zero attached hydrogens (tertiary/aromatic N) is 1. The van der Waals surface area contributed by atoms with Crippen molar-refractivity contribution in [3.8, 4) is 0 Å². The largest absolute Gasteiger partial charge is 0.376 e. The minimum Gasteiger partial charge on any atom is -0.376 e. The van der Waals surface area contributed by atoms with Gasteiger partial charge in [0.2, 0.25) is 11.4 Å². The van der Waals surface area contributed by atoms with E-state index >= 15 is 0 Å². The van der Waals surface area contributed by atoms with Crippen LogP contribution in [0.4, 0.5) is 0 Å². The molecule has 1 aliphatic heterocycles. The number of hydrogen-bond donors (Lipinski definition) is 0. The molecule has 0 fully saturated rings. The summed E-state index contributed by atoms with van der Waals surface area (Å²) >= 11 is 0. The van der Waals surface area contributed by atoms with Crippen LogP contribution in [0.25, 0.3) is 0 Å². The first-order valence-corrected chi connectivity index (χ1v) is 7.18. The van der Waals surface area contributed by atoms with Crippen LogP contribution in [0, 0.1) is 10.8 Å². The lowest BCUT2D eigenvalue weighted by Crippen LogP contribution is -2.46. The van der Waals surface area contributed by atoms with E-state index in [0.717, 1.165) is 16.9 Å². The molecular weight excluding hydrogens is 250 g/mol. The lowest BCUT2D eigenvalue weighted by Gasteiger charge is -2.39. The molecular formula is C17H25NO2. The van der Waals surface area contributed by atoms with Gasteiger partial charge in [-0.05, 0) is 35.0 Å². The smallest absolute Gasteiger partial charge is 0.226 e. The van der Waals surface area contributed by atoms with Crippen LogP contribution in [0.15, 0.2) is 28.5 Å². The first kappa shape index (κ1) is 15.0. The Morgan fingerprint density at radius 3 is 2.10 bits per heavy atom. The van der Waals surface area contributed by atoms with Gasteiger partial charge in [0.1, 0.15) is 0 Å². The predicted octanol–water partition coefficient (Wildman–Crippen LogP) is 4.05. The zero-order valence-corrected chi connectivity index (χ0v) is 13.6. The molecule has 0 saturated heterocycles. The molecule has 1 aliphatic carbocycles. The maximum atomic E-state index is 12.8. The van der Waals surface area contributed by atoms with Gasteiger partial charge in [-0.1, -0.05) is 52.8 Å². The molecule has 0 aromatic carbocycles. The Morgan fingerprint density at radius 1 is 1.10 bits per heavy atom. The number of rotatable bonds is 0. The molecule has 0 amide bonds. The molecule has 0 aromatic rings. The van der Waals surface area contributed by atoms with Gasteiger partial charge in [0.15, 0.2) is 0 Å². The summed E-state index contributed by atoms with van der Waals surface area (Å²) in [5.74, 6) is 0.0236. The van der Waals surface area contributed by atoms with Crippen molar-refractivity contribution in [3.05, 3.63) is 23.3 Å². The van der Waals surface area contributed by atoms with Crippen LogP contribution in [0.2, 0.25) is 0 Å². The normalized spacial score (nSPS) is 27.1. The van der Waals surface area contributed by atoms with Gasteiger partial charge in [-0.2, -0.15) is 0 Å². The van der Waals surface area contributed by atoms with Gasteiger partial charge in [-0.15, -0.1) is 0 Å². The first-order valence-electron chi connectivity index (χ1n) is 7.18. The topological polar surface area (TPSA) is 38.7 Å². The molecule has 0 bridgehead atoms. The fraction of sp³-hybridized carbons (Fsp3) is 0.647. The second kappa shape index (κ2) is 4.31. The van der Waals surface area contributed by atoms with Crippen molar-refractivity contribution in [2.45, 2.75) is 60.5 Å². The molecule has 1 spiro atoms. The zero-order valence-electron chi connectivity index (χ0n) is 13.6. The molecule has 1 heterocycles. The van der Waals surface area contributed by atoms with Crippen molar-refractivity contribution in [2.75, 3.05) is 0 Å². The molecule has 2 aliphatic rings. The molecule has 0 aromatic heterocycles. The SMILES string of the molecule is CC1=NOC2(C1)C(=O)C=C(C(C)(C)C)C=C2C(C)(C)C. The Morgan fingerprint density at radius 2 is 1.70 bits per heavy atom. The number of carbonyl (C=O) groups is 1. The van der Waals surface area contributed by atoms with Gasteiger partial charge in [-0.3, -0.25) is 4.79 Å². The highest BCUT2D eigenvalue weighted by Gasteiger charge is 2.52. The van der Waals surface area contributed by atoms with Gasteiger partial charge < -0.3 is 4.84 Å². The van der Waals surface area contributed by atoms with E-state index in [4.69, 9.17) is 4.84 Å². The maximum absolute atomic E-state index is 12.8. The number of hydrogen-bond acceptors (Lipinski definition) is 3. The quantitative estimate of drug-likeness (QED) is 0.669. The second-order valence-corrected chi connectivity index (χ2v) is 7.94. The highest BCUT2D eigenvalue weighted by molar-refractivity contribution is 6.06. The number of carbonyl (C=O) groups excluding carboxylic acids is 1. The standard InChI is InChI=1S/C17H25NO2/c1-11-10-17(20-18-11)13(16(5,6)7)8-12(9-14(17)19)15(2,3)4/h8-9H,10H2,1-7H3. The summed E-state index contributed by atoms with van der Waals surface area (Å²) < 4.78 is 0. The van der Waals surface area contributed by atoms with Crippen molar-refractivity contribution in [1.82, 2.24) is 0 Å². The summed E-state index contributed by atoms with van der Waals surface area (Å²) in [6.45, 7) is 14.6. The van der Waals surface area contributed by atoms with Crippen molar-refractivity contribution in [2.24, 2.45) is 16.0 Å². The van der Waals surface area contributed by atoms with Crippen molar-refractivity contribution in [1.29, 1.82) is 0 Å². The average molecular weight is 275 g/mol. The Labute approximate surface area is 121 Å². The summed E-state index contributed by atoms with van der Waals surface area (Å²) in [4.78, 5) is 18.4. The molecule has 3 heteroatoms. The van der Waals surface area contributed by atoms with Crippen LogP contribution in [0.5, 0.6) is 0 Å². The van der Waals surface area contributed by atoms with Crippen LogP contribution >= 0.6 is 0 Å². The van der Waals surface area contributed by atoms with Crippen molar-refractivity contribution in [3.63, 3.8) is 0 Å². The molecule has 2 rings (SSSR count). The Hall–Kier alpha value is -1.38. The van der Waals surface area contributed by atoms with Gasteiger partial charge >= 0.3 is 0 Å². The molecule has 110 valence electrons. The molecule has 0 N–H and O–H groups in total. The highest BCUT2D eigenvalue weighted by Crippen LogP contribution is 2.47. The van der Waals surface area contributed by atoms with Gasteiger partial charge in [0.25, 0.3) is 0 Å². The third kappa shape index (κ3) is 2.34. The summed E-state index contributed by atoms with van der Waals surface area (Å²) in [7, 11) is 0. The van der Waals surface area contributed by atoms with E-state index in [1.165, 1.54) is 0 Å². The summed E-state index contributed by atoms with van der Waals surface area (Å²) in [6, 6.07) is 0. The molecule has 0 saturated carbocycles.